The van der Waals surface area contributed by atoms with Gasteiger partial charge < -0.3 is 25.1 Å². The number of nitrogens with one attached hydrogen (secondary N) is 3. The first-order chi connectivity index (χ1) is 15.3. The molecule has 4 aromatic rings. The van der Waals surface area contributed by atoms with Crippen LogP contribution in [0.25, 0.3) is 22.2 Å². The summed E-state index contributed by atoms with van der Waals surface area (Å²) in [6, 6.07) is 19.3. The molecule has 1 heterocycles. The van der Waals surface area contributed by atoms with E-state index in [1.54, 1.807) is 12.1 Å². The Kier molecular flexibility index (Phi) is 5.63. The van der Waals surface area contributed by atoms with Crippen LogP contribution in [0.1, 0.15) is 0 Å². The van der Waals surface area contributed by atoms with E-state index >= 15 is 0 Å². The molecule has 0 aliphatic carbocycles. The number of aromatic nitrogens is 1. The lowest BCUT2D eigenvalue weighted by molar-refractivity contribution is -0.274. The van der Waals surface area contributed by atoms with Crippen LogP contribution < -0.4 is 20.1 Å². The summed E-state index contributed by atoms with van der Waals surface area (Å²) in [6.45, 7) is 0. The number of alkyl halides is 3. The van der Waals surface area contributed by atoms with Crippen molar-refractivity contribution in [1.82, 2.24) is 4.98 Å². The number of ether oxygens (including phenoxy) is 2. The zero-order valence-electron chi connectivity index (χ0n) is 16.8. The van der Waals surface area contributed by atoms with Crippen molar-refractivity contribution in [2.24, 2.45) is 0 Å². The summed E-state index contributed by atoms with van der Waals surface area (Å²) in [4.78, 5) is 15.9. The molecule has 4 rings (SSSR count). The van der Waals surface area contributed by atoms with Crippen LogP contribution in [0.3, 0.4) is 0 Å². The predicted octanol–water partition coefficient (Wildman–Crippen LogP) is 6.39. The molecule has 0 bridgehead atoms. The Morgan fingerprint density at radius 2 is 1.62 bits per heavy atom. The molecule has 6 nitrogen and oxygen atoms in total. The fourth-order valence-electron chi connectivity index (χ4n) is 3.23. The van der Waals surface area contributed by atoms with Gasteiger partial charge in [-0.1, -0.05) is 18.2 Å². The summed E-state index contributed by atoms with van der Waals surface area (Å²) in [6.07, 6.45) is -4.78. The Hall–Kier alpha value is -4.14. The highest BCUT2D eigenvalue weighted by Gasteiger charge is 2.31. The van der Waals surface area contributed by atoms with Gasteiger partial charge in [0.1, 0.15) is 11.5 Å². The SMILES string of the molecule is COc1ccc(-c2cc3ccccc3[nH]2)c(NC(=O)Nc2ccc(OC(F)(F)F)cc2)c1. The summed E-state index contributed by atoms with van der Waals surface area (Å²) in [5.74, 6) is 0.172. The van der Waals surface area contributed by atoms with Gasteiger partial charge in [-0.05, 0) is 48.5 Å². The smallest absolute Gasteiger partial charge is 0.497 e. The highest BCUT2D eigenvalue weighted by atomic mass is 19.4. The van der Waals surface area contributed by atoms with E-state index in [4.69, 9.17) is 4.74 Å². The quantitative estimate of drug-likeness (QED) is 0.336. The van der Waals surface area contributed by atoms with Crippen molar-refractivity contribution in [2.45, 2.75) is 6.36 Å². The molecule has 32 heavy (non-hydrogen) atoms. The largest absolute Gasteiger partial charge is 0.573 e. The molecular formula is C23H18F3N3O3. The minimum atomic E-state index is -4.78. The van der Waals surface area contributed by atoms with E-state index < -0.39 is 12.4 Å². The molecule has 0 radical (unpaired) electrons. The third-order valence-corrected chi connectivity index (χ3v) is 4.64. The van der Waals surface area contributed by atoms with Crippen LogP contribution in [0.5, 0.6) is 11.5 Å². The van der Waals surface area contributed by atoms with Gasteiger partial charge in [0.2, 0.25) is 0 Å². The molecule has 1 aromatic heterocycles. The van der Waals surface area contributed by atoms with Gasteiger partial charge in [0, 0.05) is 33.9 Å². The summed E-state index contributed by atoms with van der Waals surface area (Å²) < 4.78 is 46.0. The predicted molar refractivity (Wildman–Crippen MR) is 116 cm³/mol. The number of rotatable bonds is 5. The number of carbonyl (C=O) groups excluding carboxylic acids is 1. The standard InChI is InChI=1S/C23H18F3N3O3/c1-31-17-10-11-18(20-12-14-4-2-3-5-19(14)28-20)21(13-17)29-22(30)27-15-6-8-16(9-7-15)32-23(24,25)26/h2-13,28H,1H3,(H2,27,29,30). The zero-order valence-corrected chi connectivity index (χ0v) is 16.8. The summed E-state index contributed by atoms with van der Waals surface area (Å²) in [5, 5.41) is 6.38. The number of urea groups is 1. The Morgan fingerprint density at radius 1 is 0.906 bits per heavy atom. The molecule has 0 spiro atoms. The third kappa shape index (κ3) is 4.94. The van der Waals surface area contributed by atoms with Crippen molar-refractivity contribution in [3.63, 3.8) is 0 Å². The number of halogens is 3. The highest BCUT2D eigenvalue weighted by Crippen LogP contribution is 2.33. The topological polar surface area (TPSA) is 75.4 Å². The lowest BCUT2D eigenvalue weighted by Gasteiger charge is -2.13. The van der Waals surface area contributed by atoms with Gasteiger partial charge in [-0.3, -0.25) is 0 Å². The minimum Gasteiger partial charge on any atom is -0.497 e. The number of para-hydroxylation sites is 1. The second-order valence-electron chi connectivity index (χ2n) is 6.83. The molecule has 3 aromatic carbocycles. The van der Waals surface area contributed by atoms with Crippen molar-refractivity contribution < 1.29 is 27.4 Å². The fourth-order valence-corrected chi connectivity index (χ4v) is 3.23. The number of amides is 2. The van der Waals surface area contributed by atoms with Gasteiger partial charge in [-0.25, -0.2) is 4.79 Å². The lowest BCUT2D eigenvalue weighted by Crippen LogP contribution is -2.20. The summed E-state index contributed by atoms with van der Waals surface area (Å²) in [5.41, 5.74) is 3.29. The summed E-state index contributed by atoms with van der Waals surface area (Å²) >= 11 is 0. The van der Waals surface area contributed by atoms with Crippen molar-refractivity contribution in [3.05, 3.63) is 72.8 Å². The number of carbonyl (C=O) groups is 1. The normalized spacial score (nSPS) is 11.2. The van der Waals surface area contributed by atoms with Crippen LogP contribution in [0.15, 0.2) is 72.8 Å². The second kappa shape index (κ2) is 8.54. The molecule has 0 atom stereocenters. The molecule has 0 unspecified atom stereocenters. The van der Waals surface area contributed by atoms with Gasteiger partial charge in [0.25, 0.3) is 0 Å². The molecule has 9 heteroatoms. The average Bonchev–Trinajstić information content (AvgIpc) is 3.18. The fraction of sp³-hybridized carbons (Fsp3) is 0.0870. The first-order valence-corrected chi connectivity index (χ1v) is 9.51. The monoisotopic (exact) mass is 441 g/mol. The number of aromatic amines is 1. The highest BCUT2D eigenvalue weighted by molar-refractivity contribution is 6.03. The Bertz CT molecular complexity index is 1220. The van der Waals surface area contributed by atoms with Crippen molar-refractivity contribution >= 4 is 28.3 Å². The first kappa shape index (κ1) is 21.1. The van der Waals surface area contributed by atoms with E-state index in [1.807, 2.05) is 36.4 Å². The van der Waals surface area contributed by atoms with E-state index in [-0.39, 0.29) is 5.75 Å². The molecule has 0 aliphatic rings. The number of hydrogen-bond donors (Lipinski definition) is 3. The summed E-state index contributed by atoms with van der Waals surface area (Å²) in [7, 11) is 1.52. The molecule has 0 aliphatic heterocycles. The van der Waals surface area contributed by atoms with Gasteiger partial charge in [0.05, 0.1) is 12.8 Å². The van der Waals surface area contributed by atoms with Crippen LogP contribution in [0.2, 0.25) is 0 Å². The zero-order chi connectivity index (χ0) is 22.7. The maximum Gasteiger partial charge on any atom is 0.573 e. The molecular weight excluding hydrogens is 423 g/mol. The minimum absolute atomic E-state index is 0.298. The maximum atomic E-state index is 12.6. The first-order valence-electron chi connectivity index (χ1n) is 9.51. The van der Waals surface area contributed by atoms with Crippen molar-refractivity contribution in [1.29, 1.82) is 0 Å². The molecule has 164 valence electrons. The van der Waals surface area contributed by atoms with Crippen LogP contribution >= 0.6 is 0 Å². The number of anilines is 2. The van der Waals surface area contributed by atoms with E-state index in [0.717, 1.165) is 34.3 Å². The van der Waals surface area contributed by atoms with E-state index in [9.17, 15) is 18.0 Å². The van der Waals surface area contributed by atoms with E-state index in [1.165, 1.54) is 19.2 Å². The number of benzene rings is 3. The van der Waals surface area contributed by atoms with Gasteiger partial charge >= 0.3 is 12.4 Å². The molecule has 0 saturated heterocycles. The van der Waals surface area contributed by atoms with E-state index in [0.29, 0.717) is 17.1 Å². The Labute approximate surface area is 181 Å². The van der Waals surface area contributed by atoms with Crippen LogP contribution in [-0.4, -0.2) is 24.5 Å². The van der Waals surface area contributed by atoms with Gasteiger partial charge in [-0.15, -0.1) is 13.2 Å². The molecule has 0 fully saturated rings. The Balaban J connectivity index is 1.54. The number of methoxy groups -OCH3 is 1. The van der Waals surface area contributed by atoms with E-state index in [2.05, 4.69) is 20.4 Å². The molecule has 0 saturated carbocycles. The van der Waals surface area contributed by atoms with Crippen LogP contribution in [0, 0.1) is 0 Å². The van der Waals surface area contributed by atoms with Gasteiger partial charge in [0.15, 0.2) is 0 Å². The third-order valence-electron chi connectivity index (χ3n) is 4.64. The number of H-pyrrole nitrogens is 1. The average molecular weight is 441 g/mol. The molecule has 2 amide bonds. The molecule has 3 N–H and O–H groups in total. The Morgan fingerprint density at radius 3 is 2.31 bits per heavy atom. The van der Waals surface area contributed by atoms with Crippen LogP contribution in [-0.2, 0) is 0 Å². The van der Waals surface area contributed by atoms with Crippen molar-refractivity contribution in [3.8, 4) is 22.8 Å². The maximum absolute atomic E-state index is 12.6. The number of fused-ring (bicyclic) bond motifs is 1. The number of hydrogen-bond acceptors (Lipinski definition) is 3. The lowest BCUT2D eigenvalue weighted by atomic mass is 10.1. The second-order valence-corrected chi connectivity index (χ2v) is 6.83. The van der Waals surface area contributed by atoms with Crippen LogP contribution in [0.4, 0.5) is 29.3 Å². The van der Waals surface area contributed by atoms with Crippen molar-refractivity contribution in [2.75, 3.05) is 17.7 Å². The van der Waals surface area contributed by atoms with Gasteiger partial charge in [-0.2, -0.15) is 0 Å².